The van der Waals surface area contributed by atoms with Crippen molar-refractivity contribution in [2.24, 2.45) is 0 Å². The summed E-state index contributed by atoms with van der Waals surface area (Å²) in [5.74, 6) is -0.765. The predicted octanol–water partition coefficient (Wildman–Crippen LogP) is 1.40. The van der Waals surface area contributed by atoms with E-state index in [1.807, 2.05) is 13.8 Å². The fourth-order valence-electron chi connectivity index (χ4n) is 1.92. The fourth-order valence-corrected chi connectivity index (χ4v) is 1.92. The van der Waals surface area contributed by atoms with Gasteiger partial charge in [0.05, 0.1) is 5.60 Å². The number of carboxylic acids is 1. The lowest BCUT2D eigenvalue weighted by molar-refractivity contribution is -0.140. The molecule has 0 aromatic rings. The minimum atomic E-state index is -0.765. The van der Waals surface area contributed by atoms with Crippen LogP contribution in [-0.4, -0.2) is 35.9 Å². The zero-order chi connectivity index (χ0) is 11.3. The van der Waals surface area contributed by atoms with Crippen LogP contribution in [0.4, 0.5) is 0 Å². The lowest BCUT2D eigenvalue weighted by Gasteiger charge is -2.25. The van der Waals surface area contributed by atoms with Crippen LogP contribution in [0, 0.1) is 0 Å². The Bertz CT molecular complexity index is 212. The van der Waals surface area contributed by atoms with Gasteiger partial charge in [-0.25, -0.2) is 0 Å². The number of hydrogen-bond acceptors (Lipinski definition) is 3. The number of carboxylic acid groups (broad SMARTS) is 1. The van der Waals surface area contributed by atoms with E-state index in [0.717, 1.165) is 25.9 Å². The molecule has 1 aliphatic heterocycles. The van der Waals surface area contributed by atoms with Crippen molar-refractivity contribution in [1.82, 2.24) is 5.32 Å². The molecule has 0 aromatic carbocycles. The lowest BCUT2D eigenvalue weighted by Crippen LogP contribution is -2.45. The van der Waals surface area contributed by atoms with Gasteiger partial charge in [-0.05, 0) is 26.2 Å². The first-order valence-electron chi connectivity index (χ1n) is 5.67. The quantitative estimate of drug-likeness (QED) is 0.703. The molecule has 2 N–H and O–H groups in total. The maximum absolute atomic E-state index is 10.9. The molecule has 0 saturated carbocycles. The van der Waals surface area contributed by atoms with Gasteiger partial charge < -0.3 is 15.2 Å². The average molecular weight is 215 g/mol. The van der Waals surface area contributed by atoms with Gasteiger partial charge in [0.15, 0.2) is 0 Å². The van der Waals surface area contributed by atoms with E-state index in [0.29, 0.717) is 13.0 Å². The maximum atomic E-state index is 10.9. The molecule has 4 nitrogen and oxygen atoms in total. The smallest absolute Gasteiger partial charge is 0.320 e. The van der Waals surface area contributed by atoms with Crippen molar-refractivity contribution in [3.8, 4) is 0 Å². The molecule has 4 heteroatoms. The zero-order valence-corrected chi connectivity index (χ0v) is 9.58. The van der Waals surface area contributed by atoms with E-state index in [9.17, 15) is 4.79 Å². The molecule has 1 rings (SSSR count). The van der Waals surface area contributed by atoms with Crippen LogP contribution >= 0.6 is 0 Å². The molecule has 2 unspecified atom stereocenters. The molecule has 0 aliphatic carbocycles. The van der Waals surface area contributed by atoms with Crippen molar-refractivity contribution in [1.29, 1.82) is 0 Å². The Labute approximate surface area is 91.0 Å². The van der Waals surface area contributed by atoms with Crippen LogP contribution in [0.5, 0.6) is 0 Å². The third-order valence-electron chi connectivity index (χ3n) is 2.90. The third-order valence-corrected chi connectivity index (χ3v) is 2.90. The van der Waals surface area contributed by atoms with Crippen molar-refractivity contribution in [2.75, 3.05) is 13.2 Å². The van der Waals surface area contributed by atoms with Crippen molar-refractivity contribution >= 4 is 5.97 Å². The van der Waals surface area contributed by atoms with Gasteiger partial charge in [0.2, 0.25) is 0 Å². The van der Waals surface area contributed by atoms with Crippen LogP contribution in [0.2, 0.25) is 0 Å². The summed E-state index contributed by atoms with van der Waals surface area (Å²) in [4.78, 5) is 10.9. The Morgan fingerprint density at radius 3 is 2.87 bits per heavy atom. The number of hydrogen-bond donors (Lipinski definition) is 2. The monoisotopic (exact) mass is 215 g/mol. The largest absolute Gasteiger partial charge is 0.480 e. The summed E-state index contributed by atoms with van der Waals surface area (Å²) in [6, 6.07) is -0.434. The van der Waals surface area contributed by atoms with E-state index in [1.54, 1.807) is 0 Å². The van der Waals surface area contributed by atoms with Gasteiger partial charge in [-0.15, -0.1) is 0 Å². The second kappa shape index (κ2) is 5.47. The number of carbonyl (C=O) groups is 1. The van der Waals surface area contributed by atoms with Crippen LogP contribution < -0.4 is 5.32 Å². The minimum absolute atomic E-state index is 0.165. The minimum Gasteiger partial charge on any atom is -0.480 e. The highest BCUT2D eigenvalue weighted by molar-refractivity contribution is 5.73. The summed E-state index contributed by atoms with van der Waals surface area (Å²) in [6.07, 6.45) is 3.63. The van der Waals surface area contributed by atoms with Crippen LogP contribution in [-0.2, 0) is 9.53 Å². The van der Waals surface area contributed by atoms with E-state index in [-0.39, 0.29) is 5.60 Å². The predicted molar refractivity (Wildman–Crippen MR) is 57.9 cm³/mol. The van der Waals surface area contributed by atoms with Gasteiger partial charge in [0.1, 0.15) is 6.04 Å². The second-order valence-electron chi connectivity index (χ2n) is 4.46. The number of aliphatic carboxylic acids is 1. The summed E-state index contributed by atoms with van der Waals surface area (Å²) < 4.78 is 5.59. The molecule has 1 fully saturated rings. The first-order chi connectivity index (χ1) is 7.07. The van der Waals surface area contributed by atoms with Gasteiger partial charge in [-0.1, -0.05) is 13.3 Å². The first kappa shape index (κ1) is 12.5. The van der Waals surface area contributed by atoms with Crippen molar-refractivity contribution in [2.45, 2.75) is 51.2 Å². The molecule has 0 bridgehead atoms. The van der Waals surface area contributed by atoms with E-state index >= 15 is 0 Å². The number of rotatable bonds is 6. The second-order valence-corrected chi connectivity index (χ2v) is 4.46. The first-order valence-corrected chi connectivity index (χ1v) is 5.67. The van der Waals surface area contributed by atoms with E-state index < -0.39 is 12.0 Å². The van der Waals surface area contributed by atoms with E-state index in [2.05, 4.69) is 5.32 Å². The highest BCUT2D eigenvalue weighted by atomic mass is 16.5. The molecule has 0 aromatic heterocycles. The zero-order valence-electron chi connectivity index (χ0n) is 9.58. The van der Waals surface area contributed by atoms with Gasteiger partial charge in [-0.3, -0.25) is 4.79 Å². The molecule has 15 heavy (non-hydrogen) atoms. The SMILES string of the molecule is CCCC(NCC1(C)CCCO1)C(=O)O. The van der Waals surface area contributed by atoms with Gasteiger partial charge in [0.25, 0.3) is 0 Å². The van der Waals surface area contributed by atoms with Crippen LogP contribution in [0.3, 0.4) is 0 Å². The van der Waals surface area contributed by atoms with E-state index in [4.69, 9.17) is 9.84 Å². The Kier molecular flexibility index (Phi) is 4.54. The maximum Gasteiger partial charge on any atom is 0.320 e. The summed E-state index contributed by atoms with van der Waals surface area (Å²) in [5.41, 5.74) is -0.165. The Morgan fingerprint density at radius 1 is 1.67 bits per heavy atom. The Morgan fingerprint density at radius 2 is 2.40 bits per heavy atom. The molecule has 0 amide bonds. The van der Waals surface area contributed by atoms with Crippen molar-refractivity contribution in [3.63, 3.8) is 0 Å². The molecule has 0 radical (unpaired) electrons. The highest BCUT2D eigenvalue weighted by Crippen LogP contribution is 2.24. The highest BCUT2D eigenvalue weighted by Gasteiger charge is 2.31. The normalized spacial score (nSPS) is 27.9. The fraction of sp³-hybridized carbons (Fsp3) is 0.909. The van der Waals surface area contributed by atoms with Crippen molar-refractivity contribution in [3.05, 3.63) is 0 Å². The molecule has 88 valence electrons. The third kappa shape index (κ3) is 3.80. The summed E-state index contributed by atoms with van der Waals surface area (Å²) in [5, 5.41) is 12.0. The molecule has 2 atom stereocenters. The van der Waals surface area contributed by atoms with Crippen molar-refractivity contribution < 1.29 is 14.6 Å². The summed E-state index contributed by atoms with van der Waals surface area (Å²) in [7, 11) is 0. The molecular weight excluding hydrogens is 194 g/mol. The molecule has 1 saturated heterocycles. The summed E-state index contributed by atoms with van der Waals surface area (Å²) in [6.45, 7) is 5.46. The van der Waals surface area contributed by atoms with E-state index in [1.165, 1.54) is 0 Å². The molecular formula is C11H21NO3. The summed E-state index contributed by atoms with van der Waals surface area (Å²) >= 11 is 0. The van der Waals surface area contributed by atoms with Crippen LogP contribution in [0.1, 0.15) is 39.5 Å². The Hall–Kier alpha value is -0.610. The molecule has 1 aliphatic rings. The van der Waals surface area contributed by atoms with Crippen LogP contribution in [0.25, 0.3) is 0 Å². The van der Waals surface area contributed by atoms with Gasteiger partial charge in [-0.2, -0.15) is 0 Å². The number of ether oxygens (including phenoxy) is 1. The average Bonchev–Trinajstić information content (AvgIpc) is 2.60. The standard InChI is InChI=1S/C11H21NO3/c1-3-5-9(10(13)14)12-8-11(2)6-4-7-15-11/h9,12H,3-8H2,1-2H3,(H,13,14). The van der Waals surface area contributed by atoms with Gasteiger partial charge >= 0.3 is 5.97 Å². The number of nitrogens with one attached hydrogen (secondary N) is 1. The van der Waals surface area contributed by atoms with Crippen LogP contribution in [0.15, 0.2) is 0 Å². The molecule has 1 heterocycles. The van der Waals surface area contributed by atoms with Gasteiger partial charge in [0, 0.05) is 13.2 Å². The molecule has 0 spiro atoms. The Balaban J connectivity index is 2.35. The topological polar surface area (TPSA) is 58.6 Å². The lowest BCUT2D eigenvalue weighted by atomic mass is 10.0.